The molecule has 0 fully saturated rings. The number of hydrogen-bond donors (Lipinski definition) is 1. The maximum Gasteiger partial charge on any atom is 0.265 e. The molecule has 0 bridgehead atoms. The van der Waals surface area contributed by atoms with E-state index in [1.54, 1.807) is 55.2 Å². The number of carbonyl (C=O) groups excluding carboxylic acids is 2. The molecule has 1 N–H and O–H groups in total. The minimum atomic E-state index is -0.651. The summed E-state index contributed by atoms with van der Waals surface area (Å²) in [6, 6.07) is 14.2. The van der Waals surface area contributed by atoms with Crippen LogP contribution in [-0.4, -0.2) is 27.3 Å². The monoisotopic (exact) mass is 363 g/mol. The van der Waals surface area contributed by atoms with Gasteiger partial charge in [-0.3, -0.25) is 9.59 Å². The van der Waals surface area contributed by atoms with Gasteiger partial charge in [-0.2, -0.15) is 0 Å². The van der Waals surface area contributed by atoms with Crippen molar-refractivity contribution in [1.82, 2.24) is 9.55 Å². The molecular formula is C21H21N3O3. The highest BCUT2D eigenvalue weighted by molar-refractivity contribution is 6.07. The zero-order valence-corrected chi connectivity index (χ0v) is 15.5. The lowest BCUT2D eigenvalue weighted by molar-refractivity contribution is -0.122. The summed E-state index contributed by atoms with van der Waals surface area (Å²) in [5.41, 5.74) is 2.22. The molecule has 1 atom stereocenters. The van der Waals surface area contributed by atoms with E-state index in [0.717, 1.165) is 5.56 Å². The average Bonchev–Trinajstić information content (AvgIpc) is 3.09. The number of carbonyl (C=O) groups is 2. The first-order valence-electron chi connectivity index (χ1n) is 8.60. The van der Waals surface area contributed by atoms with Crippen molar-refractivity contribution in [2.75, 3.05) is 5.32 Å². The molecule has 27 heavy (non-hydrogen) atoms. The van der Waals surface area contributed by atoms with E-state index in [9.17, 15) is 9.59 Å². The van der Waals surface area contributed by atoms with Crippen LogP contribution in [0.15, 0.2) is 60.9 Å². The Balaban J connectivity index is 1.62. The molecule has 0 aliphatic heterocycles. The van der Waals surface area contributed by atoms with E-state index in [1.165, 1.54) is 0 Å². The van der Waals surface area contributed by atoms with E-state index in [4.69, 9.17) is 4.74 Å². The van der Waals surface area contributed by atoms with E-state index in [2.05, 4.69) is 10.3 Å². The third-order valence-electron chi connectivity index (χ3n) is 4.14. The summed E-state index contributed by atoms with van der Waals surface area (Å²) in [7, 11) is 1.77. The van der Waals surface area contributed by atoms with Gasteiger partial charge < -0.3 is 14.6 Å². The van der Waals surface area contributed by atoms with Crippen LogP contribution in [0.3, 0.4) is 0 Å². The molecule has 138 valence electrons. The fourth-order valence-electron chi connectivity index (χ4n) is 2.54. The number of aryl methyl sites for hydroxylation is 2. The van der Waals surface area contributed by atoms with E-state index in [0.29, 0.717) is 22.8 Å². The van der Waals surface area contributed by atoms with Crippen molar-refractivity contribution in [2.45, 2.75) is 20.0 Å². The molecule has 0 saturated carbocycles. The highest BCUT2D eigenvalue weighted by Crippen LogP contribution is 2.16. The number of benzene rings is 2. The third kappa shape index (κ3) is 4.41. The molecule has 0 aliphatic carbocycles. The summed E-state index contributed by atoms with van der Waals surface area (Å²) in [5.74, 6) is 0.571. The van der Waals surface area contributed by atoms with Crippen LogP contribution in [0.1, 0.15) is 28.7 Å². The number of amides is 1. The molecule has 1 amide bonds. The molecule has 6 heteroatoms. The Bertz CT molecular complexity index is 944. The van der Waals surface area contributed by atoms with Crippen LogP contribution in [0.4, 0.5) is 5.69 Å². The van der Waals surface area contributed by atoms with Crippen molar-refractivity contribution < 1.29 is 14.3 Å². The van der Waals surface area contributed by atoms with Gasteiger partial charge in [0.25, 0.3) is 5.91 Å². The third-order valence-corrected chi connectivity index (χ3v) is 4.14. The minimum absolute atomic E-state index is 0.170. The van der Waals surface area contributed by atoms with E-state index < -0.39 is 6.10 Å². The molecule has 1 unspecified atom stereocenters. The first-order chi connectivity index (χ1) is 12.9. The number of rotatable bonds is 6. The molecule has 2 aromatic carbocycles. The number of ether oxygens (including phenoxy) is 1. The summed E-state index contributed by atoms with van der Waals surface area (Å²) >= 11 is 0. The molecule has 1 aromatic heterocycles. The second-order valence-electron chi connectivity index (χ2n) is 6.33. The summed E-state index contributed by atoms with van der Waals surface area (Å²) in [5, 5.41) is 2.79. The van der Waals surface area contributed by atoms with Gasteiger partial charge in [0.2, 0.25) is 5.78 Å². The Hall–Kier alpha value is -3.41. The highest BCUT2D eigenvalue weighted by Gasteiger charge is 2.16. The SMILES string of the molecule is Cc1ccc(OC(C)C(=O)Nc2ccc(C(=O)c3nccn3C)cc2)cc1. The van der Waals surface area contributed by atoms with Crippen LogP contribution in [0.25, 0.3) is 0 Å². The maximum atomic E-state index is 12.4. The van der Waals surface area contributed by atoms with Gasteiger partial charge in [0, 0.05) is 30.7 Å². The van der Waals surface area contributed by atoms with Gasteiger partial charge in [0.05, 0.1) is 0 Å². The normalized spacial score (nSPS) is 11.7. The number of anilines is 1. The van der Waals surface area contributed by atoms with Gasteiger partial charge in [0.15, 0.2) is 11.9 Å². The predicted molar refractivity (Wildman–Crippen MR) is 103 cm³/mol. The summed E-state index contributed by atoms with van der Waals surface area (Å²) in [6.07, 6.45) is 2.65. The van der Waals surface area contributed by atoms with Crippen molar-refractivity contribution in [1.29, 1.82) is 0 Å². The lowest BCUT2D eigenvalue weighted by atomic mass is 10.1. The summed E-state index contributed by atoms with van der Waals surface area (Å²) in [6.45, 7) is 3.68. The fourth-order valence-corrected chi connectivity index (χ4v) is 2.54. The standard InChI is InChI=1S/C21H21N3O3/c1-14-4-10-18(11-5-14)27-15(2)21(26)23-17-8-6-16(7-9-17)19(25)20-22-12-13-24(20)3/h4-13,15H,1-3H3,(H,23,26). The van der Waals surface area contributed by atoms with Crippen molar-refractivity contribution in [2.24, 2.45) is 7.05 Å². The molecule has 0 saturated heterocycles. The van der Waals surface area contributed by atoms with Crippen LogP contribution in [0.5, 0.6) is 5.75 Å². The van der Waals surface area contributed by atoms with Crippen LogP contribution in [-0.2, 0) is 11.8 Å². The first kappa shape index (κ1) is 18.4. The van der Waals surface area contributed by atoms with Gasteiger partial charge in [-0.15, -0.1) is 0 Å². The van der Waals surface area contributed by atoms with E-state index in [-0.39, 0.29) is 11.7 Å². The van der Waals surface area contributed by atoms with Gasteiger partial charge in [-0.25, -0.2) is 4.98 Å². The second kappa shape index (κ2) is 7.86. The zero-order valence-electron chi connectivity index (χ0n) is 15.5. The molecule has 3 aromatic rings. The number of nitrogens with one attached hydrogen (secondary N) is 1. The maximum absolute atomic E-state index is 12.4. The van der Waals surface area contributed by atoms with Crippen LogP contribution < -0.4 is 10.1 Å². The Morgan fingerprint density at radius 2 is 1.74 bits per heavy atom. The van der Waals surface area contributed by atoms with Crippen LogP contribution in [0.2, 0.25) is 0 Å². The number of aromatic nitrogens is 2. The van der Waals surface area contributed by atoms with Crippen molar-refractivity contribution in [3.63, 3.8) is 0 Å². The smallest absolute Gasteiger partial charge is 0.265 e. The Morgan fingerprint density at radius 3 is 2.33 bits per heavy atom. The van der Waals surface area contributed by atoms with E-state index >= 15 is 0 Å². The summed E-state index contributed by atoms with van der Waals surface area (Å²) < 4.78 is 7.32. The molecule has 6 nitrogen and oxygen atoms in total. The number of nitrogens with zero attached hydrogens (tertiary/aromatic N) is 2. The average molecular weight is 363 g/mol. The fraction of sp³-hybridized carbons (Fsp3) is 0.190. The predicted octanol–water partition coefficient (Wildman–Crippen LogP) is 3.37. The number of hydrogen-bond acceptors (Lipinski definition) is 4. The molecule has 3 rings (SSSR count). The van der Waals surface area contributed by atoms with Gasteiger partial charge in [0.1, 0.15) is 5.75 Å². The van der Waals surface area contributed by atoms with Crippen LogP contribution in [0, 0.1) is 6.92 Å². The zero-order chi connectivity index (χ0) is 19.4. The lowest BCUT2D eigenvalue weighted by Gasteiger charge is -2.15. The van der Waals surface area contributed by atoms with Gasteiger partial charge in [-0.1, -0.05) is 17.7 Å². The molecule has 0 spiro atoms. The Labute approximate surface area is 157 Å². The molecule has 0 radical (unpaired) electrons. The van der Waals surface area contributed by atoms with Crippen molar-refractivity contribution in [3.05, 3.63) is 77.9 Å². The van der Waals surface area contributed by atoms with E-state index in [1.807, 2.05) is 31.2 Å². The lowest BCUT2D eigenvalue weighted by Crippen LogP contribution is -2.30. The largest absolute Gasteiger partial charge is 0.481 e. The summed E-state index contributed by atoms with van der Waals surface area (Å²) in [4.78, 5) is 28.8. The minimum Gasteiger partial charge on any atom is -0.481 e. The number of imidazole rings is 1. The van der Waals surface area contributed by atoms with Crippen LogP contribution >= 0.6 is 0 Å². The molecular weight excluding hydrogens is 342 g/mol. The molecule has 1 heterocycles. The quantitative estimate of drug-likeness (QED) is 0.682. The molecule has 0 aliphatic rings. The van der Waals surface area contributed by atoms with Gasteiger partial charge >= 0.3 is 0 Å². The number of ketones is 1. The van der Waals surface area contributed by atoms with Crippen molar-refractivity contribution >= 4 is 17.4 Å². The highest BCUT2D eigenvalue weighted by atomic mass is 16.5. The second-order valence-corrected chi connectivity index (χ2v) is 6.33. The Kier molecular flexibility index (Phi) is 5.35. The first-order valence-corrected chi connectivity index (χ1v) is 8.60. The van der Waals surface area contributed by atoms with Crippen molar-refractivity contribution in [3.8, 4) is 5.75 Å². The topological polar surface area (TPSA) is 73.2 Å². The Morgan fingerprint density at radius 1 is 1.07 bits per heavy atom. The van der Waals surface area contributed by atoms with Gasteiger partial charge in [-0.05, 0) is 50.2 Å².